The summed E-state index contributed by atoms with van der Waals surface area (Å²) < 4.78 is 2.20. The van der Waals surface area contributed by atoms with Crippen molar-refractivity contribution in [2.45, 2.75) is 171 Å². The molecule has 15 heteroatoms. The molecule has 2 bridgehead atoms. The van der Waals surface area contributed by atoms with Gasteiger partial charge in [-0.3, -0.25) is 29.3 Å². The van der Waals surface area contributed by atoms with E-state index in [1.807, 2.05) is 18.5 Å². The largest absolute Gasteiger partial charge is 0.371 e. The van der Waals surface area contributed by atoms with E-state index < -0.39 is 5.41 Å². The van der Waals surface area contributed by atoms with Gasteiger partial charge in [0.2, 0.25) is 29.5 Å². The number of nitrogens with zero attached hydrogens (tertiary/aromatic N) is 8. The number of carbonyl (C=O) groups excluding carboxylic acids is 5. The minimum atomic E-state index is -0.670. The second-order valence-corrected chi connectivity index (χ2v) is 23.7. The molecular weight excluding hydrogens is 917 g/mol. The van der Waals surface area contributed by atoms with E-state index in [-0.39, 0.29) is 71.5 Å². The van der Waals surface area contributed by atoms with Crippen LogP contribution in [0.4, 0.5) is 17.2 Å². The number of fused-ring (bicyclic) bond motifs is 5. The summed E-state index contributed by atoms with van der Waals surface area (Å²) >= 11 is 0. The van der Waals surface area contributed by atoms with Crippen LogP contribution in [0.2, 0.25) is 0 Å². The van der Waals surface area contributed by atoms with Crippen LogP contribution in [-0.4, -0.2) is 128 Å². The lowest BCUT2D eigenvalue weighted by molar-refractivity contribution is -0.148. The third kappa shape index (κ3) is 8.30. The van der Waals surface area contributed by atoms with Gasteiger partial charge in [-0.15, -0.1) is 0 Å². The fourth-order valence-electron chi connectivity index (χ4n) is 14.7. The molecule has 0 radical (unpaired) electrons. The number of nitrogens with one attached hydrogen (secondary N) is 2. The van der Waals surface area contributed by atoms with E-state index >= 15 is 4.79 Å². The topological polar surface area (TPSA) is 156 Å². The normalized spacial score (nSPS) is 28.5. The van der Waals surface area contributed by atoms with Gasteiger partial charge in [0, 0.05) is 97.6 Å². The number of hydrogen-bond acceptors (Lipinski definition) is 10. The van der Waals surface area contributed by atoms with Gasteiger partial charge in [-0.2, -0.15) is 0 Å². The number of anilines is 3. The lowest BCUT2D eigenvalue weighted by Crippen LogP contribution is -2.59. The van der Waals surface area contributed by atoms with Gasteiger partial charge in [0.05, 0.1) is 28.9 Å². The molecule has 2 N–H and O–H groups in total. The van der Waals surface area contributed by atoms with Crippen molar-refractivity contribution in [3.05, 3.63) is 66.0 Å². The Kier molecular flexibility index (Phi) is 11.9. The zero-order valence-electron chi connectivity index (χ0n) is 42.8. The Morgan fingerprint density at radius 1 is 0.740 bits per heavy atom. The van der Waals surface area contributed by atoms with E-state index in [0.717, 1.165) is 128 Å². The summed E-state index contributed by atoms with van der Waals surface area (Å²) in [7, 11) is 0. The van der Waals surface area contributed by atoms with Crippen LogP contribution in [-0.2, 0) is 29.4 Å². The highest BCUT2D eigenvalue weighted by molar-refractivity contribution is 6.09. The molecule has 9 heterocycles. The van der Waals surface area contributed by atoms with Crippen molar-refractivity contribution in [2.24, 2.45) is 11.8 Å². The molecule has 7 aliphatic heterocycles. The quantitative estimate of drug-likeness (QED) is 0.151. The third-order valence-corrected chi connectivity index (χ3v) is 19.1. The van der Waals surface area contributed by atoms with E-state index in [2.05, 4.69) is 89.9 Å². The van der Waals surface area contributed by atoms with Crippen molar-refractivity contribution in [3.8, 4) is 11.3 Å². The number of hydrogen-bond donors (Lipinski definition) is 2. The van der Waals surface area contributed by atoms with Crippen LogP contribution in [0.25, 0.3) is 22.3 Å². The highest BCUT2D eigenvalue weighted by Crippen LogP contribution is 2.53. The van der Waals surface area contributed by atoms with Crippen LogP contribution in [0.5, 0.6) is 0 Å². The molecule has 2 aromatic heterocycles. The number of likely N-dealkylation sites (tertiary alicyclic amines) is 2. The minimum Gasteiger partial charge on any atom is -0.371 e. The average molecular weight is 989 g/mol. The molecular formula is C58H72N10O5. The number of amides is 5. The highest BCUT2D eigenvalue weighted by Gasteiger charge is 2.57. The first-order valence-electron chi connectivity index (χ1n) is 28.2. The number of benzene rings is 2. The number of imide groups is 1. The Bertz CT molecular complexity index is 2820. The highest BCUT2D eigenvalue weighted by atomic mass is 16.2. The molecule has 2 aliphatic carbocycles. The molecule has 4 atom stereocenters. The van der Waals surface area contributed by atoms with Crippen LogP contribution < -0.4 is 20.4 Å². The zero-order chi connectivity index (χ0) is 49.7. The maximum atomic E-state index is 15.3. The minimum absolute atomic E-state index is 0.0259. The number of pyridine rings is 1. The molecule has 2 saturated carbocycles. The van der Waals surface area contributed by atoms with Crippen LogP contribution in [0.1, 0.15) is 146 Å². The van der Waals surface area contributed by atoms with Crippen LogP contribution in [0.15, 0.2) is 54.9 Å². The Morgan fingerprint density at radius 2 is 1.47 bits per heavy atom. The monoisotopic (exact) mass is 989 g/mol. The third-order valence-electron chi connectivity index (χ3n) is 19.1. The van der Waals surface area contributed by atoms with Crippen LogP contribution in [0.3, 0.4) is 0 Å². The summed E-state index contributed by atoms with van der Waals surface area (Å²) in [6.07, 6.45) is 17.1. The molecule has 6 saturated heterocycles. The molecule has 4 aromatic rings. The summed E-state index contributed by atoms with van der Waals surface area (Å²) in [5, 5.41) is 6.18. The molecule has 2 aromatic carbocycles. The number of imidazole rings is 1. The van der Waals surface area contributed by atoms with E-state index in [1.54, 1.807) is 0 Å². The van der Waals surface area contributed by atoms with E-state index in [4.69, 9.17) is 9.97 Å². The van der Waals surface area contributed by atoms with Crippen molar-refractivity contribution in [1.82, 2.24) is 34.6 Å². The van der Waals surface area contributed by atoms with Gasteiger partial charge in [0.15, 0.2) is 5.82 Å². The average Bonchev–Trinajstić information content (AvgIpc) is 3.98. The Hall–Kier alpha value is -5.83. The SMILES string of the molecule is CC(C)n1cnc2cc(-c3ccc4c(c3)N([C@H]3C[C@@H](N5CCCCC5)C3)C(=O)C43CCN(C(=O)[C@@H]4C[C@H]5CC[C@@H](C4)N5C(=O)C4CCN(c5ccc(C6CCC(=O)NC6=O)cc5)CC4)CC3)nc(NC3CC3)c21. The van der Waals surface area contributed by atoms with Gasteiger partial charge in [-0.1, -0.05) is 30.7 Å². The predicted molar refractivity (Wildman–Crippen MR) is 280 cm³/mol. The first-order valence-corrected chi connectivity index (χ1v) is 28.2. The molecule has 15 nitrogen and oxygen atoms in total. The second-order valence-electron chi connectivity index (χ2n) is 23.7. The first kappa shape index (κ1) is 46.9. The van der Waals surface area contributed by atoms with Crippen molar-refractivity contribution in [1.29, 1.82) is 0 Å². The Labute approximate surface area is 428 Å². The van der Waals surface area contributed by atoms with E-state index in [1.165, 1.54) is 19.3 Å². The number of aromatic nitrogens is 3. The predicted octanol–water partition coefficient (Wildman–Crippen LogP) is 7.68. The van der Waals surface area contributed by atoms with Crippen LogP contribution >= 0.6 is 0 Å². The molecule has 5 amide bonds. The maximum absolute atomic E-state index is 15.3. The lowest BCUT2D eigenvalue weighted by atomic mass is 9.73. The van der Waals surface area contributed by atoms with Crippen molar-refractivity contribution in [2.75, 3.05) is 54.4 Å². The smallest absolute Gasteiger partial charge is 0.238 e. The molecule has 73 heavy (non-hydrogen) atoms. The number of carbonyl (C=O) groups is 5. The fourth-order valence-corrected chi connectivity index (χ4v) is 14.7. The summed E-state index contributed by atoms with van der Waals surface area (Å²) in [6, 6.07) is 18.4. The van der Waals surface area contributed by atoms with Crippen molar-refractivity contribution < 1.29 is 24.0 Å². The maximum Gasteiger partial charge on any atom is 0.238 e. The Balaban J connectivity index is 0.678. The Morgan fingerprint density at radius 3 is 2.15 bits per heavy atom. The molecule has 1 spiro atoms. The number of rotatable bonds is 10. The van der Waals surface area contributed by atoms with Gasteiger partial charge in [0.25, 0.3) is 0 Å². The molecule has 1 unspecified atom stereocenters. The lowest BCUT2D eigenvalue weighted by Gasteiger charge is -2.48. The molecule has 9 aliphatic rings. The second kappa shape index (κ2) is 18.5. The summed E-state index contributed by atoms with van der Waals surface area (Å²) in [5.74, 6) is 0.693. The zero-order valence-corrected chi connectivity index (χ0v) is 42.8. The van der Waals surface area contributed by atoms with Crippen molar-refractivity contribution >= 4 is 57.8 Å². The summed E-state index contributed by atoms with van der Waals surface area (Å²) in [6.45, 7) is 9.36. The number of piperidine rings is 5. The summed E-state index contributed by atoms with van der Waals surface area (Å²) in [5.41, 5.74) is 7.29. The molecule has 8 fully saturated rings. The van der Waals surface area contributed by atoms with Gasteiger partial charge in [-0.05, 0) is 159 Å². The van der Waals surface area contributed by atoms with E-state index in [9.17, 15) is 19.2 Å². The molecule has 384 valence electrons. The summed E-state index contributed by atoms with van der Waals surface area (Å²) in [4.78, 5) is 89.9. The van der Waals surface area contributed by atoms with E-state index in [0.29, 0.717) is 63.7 Å². The van der Waals surface area contributed by atoms with Crippen molar-refractivity contribution in [3.63, 3.8) is 0 Å². The van der Waals surface area contributed by atoms with Gasteiger partial charge in [-0.25, -0.2) is 9.97 Å². The molecule has 13 rings (SSSR count). The first-order chi connectivity index (χ1) is 35.5. The van der Waals surface area contributed by atoms with Gasteiger partial charge < -0.3 is 34.4 Å². The van der Waals surface area contributed by atoms with Gasteiger partial charge in [0.1, 0.15) is 5.52 Å². The fraction of sp³-hybridized carbons (Fsp3) is 0.603. The standard InChI is InChI=1S/C58H72N10O5/c1-35(2)66-34-59-49-33-48(61-53(52(49)66)60-40-9-10-40)38-8-16-47-50(30-38)68(45-31-44(32-45)63-22-4-3-5-23-63)57(73)58(47)20-26-65(27-21-58)55(71)39-28-42-13-14-43(29-39)67(42)56(72)37-18-24-64(25-19-37)41-11-6-36(7-12-41)46-15-17-51(69)62-54(46)70/h6-8,11-12,16,30,33-35,37,39-40,42-46H,3-5,9-10,13-15,17-29,31-32H2,1-2H3,(H,60,61)(H,62,69,70)/t39-,42-,43+,44-,45+,46?. The van der Waals surface area contributed by atoms with Gasteiger partial charge >= 0.3 is 0 Å². The van der Waals surface area contributed by atoms with Crippen LogP contribution in [0, 0.1) is 11.8 Å².